The number of rotatable bonds is 9. The zero-order valence-corrected chi connectivity index (χ0v) is 30.8. The summed E-state index contributed by atoms with van der Waals surface area (Å²) >= 11 is 0. The lowest BCUT2D eigenvalue weighted by atomic mass is 10.0. The first-order chi connectivity index (χ1) is 23.0. The molecule has 49 heavy (non-hydrogen) atoms. The largest absolute Gasteiger partial charge is 0.490 e. The molecule has 2 N–H and O–H groups in total. The molecule has 1 aromatic heterocycles. The lowest BCUT2D eigenvalue weighted by molar-refractivity contribution is -0.00833. The number of ether oxygens (including phenoxy) is 2. The lowest BCUT2D eigenvalue weighted by Gasteiger charge is -2.35. The molecule has 13 nitrogen and oxygen atoms in total. The zero-order valence-electron chi connectivity index (χ0n) is 29.2. The van der Waals surface area contributed by atoms with E-state index in [1.165, 1.54) is 42.2 Å². The van der Waals surface area contributed by atoms with Crippen LogP contribution in [0.25, 0.3) is 0 Å². The van der Waals surface area contributed by atoms with Crippen molar-refractivity contribution in [1.82, 2.24) is 14.4 Å². The summed E-state index contributed by atoms with van der Waals surface area (Å²) in [6.45, 7) is 10.5. The number of carbonyl (C=O) groups is 1. The molecule has 0 spiro atoms. The number of aliphatic hydroxyl groups excluding tert-OH is 1. The molecular formula is C34H48N4O9S2. The maximum absolute atomic E-state index is 14.4. The SMILES string of the molecule is Cc1ccc(S(=O)(=O)N(C)C[C@H]2OCCCC[C@H](C)Oc3ccc(NS(=O)(=O)c4c(C)noc4C)cc3C(=O)N([C@H](C)CO)C[C@@H]2C)cc1. The van der Waals surface area contributed by atoms with Crippen LogP contribution in [0.2, 0.25) is 0 Å². The van der Waals surface area contributed by atoms with E-state index in [0.29, 0.717) is 19.4 Å². The Morgan fingerprint density at radius 3 is 2.39 bits per heavy atom. The Morgan fingerprint density at radius 2 is 1.76 bits per heavy atom. The maximum atomic E-state index is 14.4. The minimum Gasteiger partial charge on any atom is -0.490 e. The second-order valence-corrected chi connectivity index (χ2v) is 16.5. The first-order valence-electron chi connectivity index (χ1n) is 16.4. The Labute approximate surface area is 289 Å². The molecule has 1 aliphatic rings. The van der Waals surface area contributed by atoms with Crippen LogP contribution in [-0.2, 0) is 24.8 Å². The smallest absolute Gasteiger partial charge is 0.267 e. The molecule has 2 heterocycles. The normalized spacial score (nSPS) is 20.7. The number of likely N-dealkylation sites (N-methyl/N-ethyl adjacent to an activating group) is 1. The fraction of sp³-hybridized carbons (Fsp3) is 0.529. The van der Waals surface area contributed by atoms with E-state index < -0.39 is 38.1 Å². The van der Waals surface area contributed by atoms with E-state index in [0.717, 1.165) is 12.0 Å². The third-order valence-electron chi connectivity index (χ3n) is 8.71. The van der Waals surface area contributed by atoms with Gasteiger partial charge < -0.3 is 24.0 Å². The van der Waals surface area contributed by atoms with Gasteiger partial charge in [0.25, 0.3) is 15.9 Å². The van der Waals surface area contributed by atoms with Gasteiger partial charge in [-0.3, -0.25) is 9.52 Å². The van der Waals surface area contributed by atoms with Gasteiger partial charge >= 0.3 is 0 Å². The fourth-order valence-electron chi connectivity index (χ4n) is 5.75. The molecule has 4 rings (SSSR count). The molecule has 0 bridgehead atoms. The van der Waals surface area contributed by atoms with Crippen LogP contribution in [0.4, 0.5) is 5.69 Å². The van der Waals surface area contributed by atoms with Crippen molar-refractivity contribution in [2.45, 2.75) is 88.8 Å². The first kappa shape index (κ1) is 38.3. The van der Waals surface area contributed by atoms with Crippen LogP contribution < -0.4 is 9.46 Å². The minimum atomic E-state index is -4.11. The van der Waals surface area contributed by atoms with Crippen molar-refractivity contribution in [1.29, 1.82) is 0 Å². The topological polar surface area (TPSA) is 169 Å². The van der Waals surface area contributed by atoms with Crippen molar-refractivity contribution < 1.29 is 40.7 Å². The highest BCUT2D eigenvalue weighted by Crippen LogP contribution is 2.30. The second-order valence-electron chi connectivity index (χ2n) is 12.9. The molecule has 2 aromatic carbocycles. The van der Waals surface area contributed by atoms with Gasteiger partial charge in [0.05, 0.1) is 35.3 Å². The van der Waals surface area contributed by atoms with Gasteiger partial charge in [0.1, 0.15) is 11.4 Å². The molecule has 1 amide bonds. The van der Waals surface area contributed by atoms with E-state index in [1.54, 1.807) is 37.3 Å². The molecular weight excluding hydrogens is 673 g/mol. The average Bonchev–Trinajstić information content (AvgIpc) is 3.40. The van der Waals surface area contributed by atoms with E-state index >= 15 is 0 Å². The number of hydrogen-bond donors (Lipinski definition) is 2. The van der Waals surface area contributed by atoms with Crippen molar-refractivity contribution in [2.24, 2.45) is 5.92 Å². The van der Waals surface area contributed by atoms with Crippen LogP contribution in [-0.4, -0.2) is 93.8 Å². The average molecular weight is 721 g/mol. The molecule has 0 radical (unpaired) electrons. The van der Waals surface area contributed by atoms with Crippen molar-refractivity contribution in [2.75, 3.05) is 38.1 Å². The first-order valence-corrected chi connectivity index (χ1v) is 19.3. The molecule has 0 fully saturated rings. The van der Waals surface area contributed by atoms with Gasteiger partial charge in [0.15, 0.2) is 10.7 Å². The van der Waals surface area contributed by atoms with Gasteiger partial charge in [0.2, 0.25) is 10.0 Å². The number of sulfonamides is 2. The number of nitrogens with one attached hydrogen (secondary N) is 1. The number of benzene rings is 2. The van der Waals surface area contributed by atoms with Crippen molar-refractivity contribution >= 4 is 31.6 Å². The second kappa shape index (κ2) is 16.0. The number of hydrogen-bond acceptors (Lipinski definition) is 10. The maximum Gasteiger partial charge on any atom is 0.267 e. The summed E-state index contributed by atoms with van der Waals surface area (Å²) in [7, 11) is -6.43. The molecule has 3 aromatic rings. The summed E-state index contributed by atoms with van der Waals surface area (Å²) < 4.78 is 75.0. The fourth-order valence-corrected chi connectivity index (χ4v) is 8.32. The molecule has 0 unspecified atom stereocenters. The Bertz CT molecular complexity index is 1790. The summed E-state index contributed by atoms with van der Waals surface area (Å²) in [4.78, 5) is 16.0. The standard InChI is InChI=1S/C34H48N4O9S2/c1-22-11-14-29(15-12-22)49(43,44)37(7)20-32-23(2)19-38(24(3)21-39)34(40)30-18-28(36-48(41,42)33-26(5)35-47-27(33)6)13-16-31(30)46-25(4)10-8-9-17-45-32/h11-16,18,23-25,32,36,39H,8-10,17,19-21H2,1-7H3/t23-,24+,25-,32+/m0/s1. The van der Waals surface area contributed by atoms with E-state index in [4.69, 9.17) is 14.0 Å². The third-order valence-corrected chi connectivity index (χ3v) is 12.2. The van der Waals surface area contributed by atoms with Crippen LogP contribution in [0.1, 0.15) is 67.4 Å². The van der Waals surface area contributed by atoms with E-state index in [1.807, 2.05) is 20.8 Å². The van der Waals surface area contributed by atoms with E-state index in [9.17, 15) is 26.7 Å². The van der Waals surface area contributed by atoms with Crippen LogP contribution >= 0.6 is 0 Å². The van der Waals surface area contributed by atoms with Gasteiger partial charge in [-0.1, -0.05) is 29.8 Å². The highest BCUT2D eigenvalue weighted by atomic mass is 32.2. The Balaban J connectivity index is 1.69. The van der Waals surface area contributed by atoms with Crippen LogP contribution in [0.3, 0.4) is 0 Å². The van der Waals surface area contributed by atoms with Gasteiger partial charge in [-0.15, -0.1) is 0 Å². The summed E-state index contributed by atoms with van der Waals surface area (Å²) in [5.41, 5.74) is 1.37. The highest BCUT2D eigenvalue weighted by Gasteiger charge is 2.33. The summed E-state index contributed by atoms with van der Waals surface area (Å²) in [5.74, 6) is -0.469. The van der Waals surface area contributed by atoms with Crippen LogP contribution in [0, 0.1) is 26.7 Å². The third kappa shape index (κ3) is 9.19. The molecule has 15 heteroatoms. The molecule has 270 valence electrons. The number of aromatic nitrogens is 1. The number of nitrogens with zero attached hydrogens (tertiary/aromatic N) is 3. The monoisotopic (exact) mass is 720 g/mol. The van der Waals surface area contributed by atoms with Gasteiger partial charge in [-0.05, 0) is 84.2 Å². The van der Waals surface area contributed by atoms with Crippen molar-refractivity contribution in [3.63, 3.8) is 0 Å². The van der Waals surface area contributed by atoms with E-state index in [2.05, 4.69) is 9.88 Å². The van der Waals surface area contributed by atoms with Crippen LogP contribution in [0.15, 0.2) is 56.8 Å². The Morgan fingerprint density at radius 1 is 1.06 bits per heavy atom. The molecule has 0 saturated carbocycles. The summed E-state index contributed by atoms with van der Waals surface area (Å²) in [6.07, 6.45) is 1.23. The predicted molar refractivity (Wildman–Crippen MR) is 185 cm³/mol. The van der Waals surface area contributed by atoms with Gasteiger partial charge in [0, 0.05) is 38.3 Å². The number of carbonyl (C=O) groups excluding carboxylic acids is 1. The number of aryl methyl sites for hydroxylation is 3. The molecule has 0 aliphatic carbocycles. The predicted octanol–water partition coefficient (Wildman–Crippen LogP) is 4.52. The number of anilines is 1. The van der Waals surface area contributed by atoms with Gasteiger partial charge in [-0.2, -0.15) is 4.31 Å². The summed E-state index contributed by atoms with van der Waals surface area (Å²) in [6, 6.07) is 10.5. The molecule has 1 aliphatic heterocycles. The van der Waals surface area contributed by atoms with Gasteiger partial charge in [-0.25, -0.2) is 16.8 Å². The minimum absolute atomic E-state index is 0.0383. The van der Waals surface area contributed by atoms with Crippen molar-refractivity contribution in [3.05, 3.63) is 65.0 Å². The van der Waals surface area contributed by atoms with E-state index in [-0.39, 0.29) is 70.0 Å². The lowest BCUT2D eigenvalue weighted by Crippen LogP contribution is -2.48. The zero-order chi connectivity index (χ0) is 36.1. The number of amides is 1. The van der Waals surface area contributed by atoms with Crippen molar-refractivity contribution in [3.8, 4) is 5.75 Å². The molecule has 0 saturated heterocycles. The molecule has 4 atom stereocenters. The Hall–Kier alpha value is -3.50. The van der Waals surface area contributed by atoms with Crippen LogP contribution in [0.5, 0.6) is 5.75 Å². The number of fused-ring (bicyclic) bond motifs is 1. The highest BCUT2D eigenvalue weighted by molar-refractivity contribution is 7.92. The quantitative estimate of drug-likeness (QED) is 0.321. The number of aliphatic hydroxyl groups is 1. The summed E-state index contributed by atoms with van der Waals surface area (Å²) in [5, 5.41) is 14.0. The Kier molecular flexibility index (Phi) is 12.5.